The van der Waals surface area contributed by atoms with Gasteiger partial charge in [0.25, 0.3) is 5.91 Å². The lowest BCUT2D eigenvalue weighted by atomic mass is 9.79. The number of hydrogen-bond donors (Lipinski definition) is 2. The van der Waals surface area contributed by atoms with Crippen LogP contribution >= 0.6 is 0 Å². The zero-order valence-electron chi connectivity index (χ0n) is 20.6. The fraction of sp³-hybridized carbons (Fsp3) is 0.310. The Morgan fingerprint density at radius 1 is 1.14 bits per heavy atom. The van der Waals surface area contributed by atoms with Crippen LogP contribution in [0.4, 0.5) is 10.1 Å². The van der Waals surface area contributed by atoms with E-state index in [1.165, 1.54) is 6.21 Å². The molecule has 6 heteroatoms. The van der Waals surface area contributed by atoms with E-state index in [4.69, 9.17) is 0 Å². The fourth-order valence-electron chi connectivity index (χ4n) is 5.25. The van der Waals surface area contributed by atoms with Crippen LogP contribution in [0.1, 0.15) is 62.3 Å². The van der Waals surface area contributed by atoms with Crippen molar-refractivity contribution in [2.75, 3.05) is 11.4 Å². The van der Waals surface area contributed by atoms with Gasteiger partial charge >= 0.3 is 0 Å². The monoisotopic (exact) mass is 473 g/mol. The number of fused-ring (bicyclic) bond motifs is 1. The molecule has 1 amide bonds. The van der Waals surface area contributed by atoms with E-state index in [0.717, 1.165) is 24.2 Å². The largest absolute Gasteiger partial charge is 0.372 e. The second-order valence-electron chi connectivity index (χ2n) is 9.74. The Balaban J connectivity index is 1.62. The number of carbonyl (C=O) groups is 1. The predicted octanol–water partition coefficient (Wildman–Crippen LogP) is 5.32. The molecule has 0 fully saturated rings. The lowest BCUT2D eigenvalue weighted by Crippen LogP contribution is -2.48. The summed E-state index contributed by atoms with van der Waals surface area (Å²) in [5, 5.41) is 15.5. The second-order valence-corrected chi connectivity index (χ2v) is 9.74. The summed E-state index contributed by atoms with van der Waals surface area (Å²) in [5.74, 6) is -0.880. The molecule has 0 spiro atoms. The second kappa shape index (κ2) is 9.62. The van der Waals surface area contributed by atoms with Crippen LogP contribution < -0.4 is 10.3 Å². The molecule has 0 radical (unpaired) electrons. The van der Waals surface area contributed by atoms with E-state index in [-0.39, 0.29) is 17.0 Å². The molecular formula is C29H32FN3O2. The Morgan fingerprint density at radius 3 is 2.26 bits per heavy atom. The first-order valence-corrected chi connectivity index (χ1v) is 12.0. The molecule has 182 valence electrons. The van der Waals surface area contributed by atoms with Crippen molar-refractivity contribution in [2.24, 2.45) is 5.10 Å². The average Bonchev–Trinajstić information content (AvgIpc) is 2.85. The van der Waals surface area contributed by atoms with Crippen LogP contribution in [0.5, 0.6) is 0 Å². The molecule has 0 bridgehead atoms. The highest BCUT2D eigenvalue weighted by Gasteiger charge is 2.40. The van der Waals surface area contributed by atoms with E-state index in [1.54, 1.807) is 54.6 Å². The van der Waals surface area contributed by atoms with Crippen LogP contribution in [0.2, 0.25) is 0 Å². The minimum atomic E-state index is -1.95. The van der Waals surface area contributed by atoms with E-state index >= 15 is 4.39 Å². The van der Waals surface area contributed by atoms with Crippen molar-refractivity contribution in [3.05, 3.63) is 101 Å². The summed E-state index contributed by atoms with van der Waals surface area (Å²) in [5.41, 5.74) is 3.49. The summed E-state index contributed by atoms with van der Waals surface area (Å²) in [6.07, 6.45) is 2.25. The molecule has 1 aliphatic rings. The van der Waals surface area contributed by atoms with Crippen molar-refractivity contribution >= 4 is 17.8 Å². The third-order valence-corrected chi connectivity index (χ3v) is 6.90. The lowest BCUT2D eigenvalue weighted by molar-refractivity contribution is -0.136. The topological polar surface area (TPSA) is 64.9 Å². The average molecular weight is 474 g/mol. The van der Waals surface area contributed by atoms with Crippen molar-refractivity contribution in [3.8, 4) is 0 Å². The molecule has 1 aliphatic heterocycles. The highest BCUT2D eigenvalue weighted by molar-refractivity contribution is 5.91. The van der Waals surface area contributed by atoms with Gasteiger partial charge in [-0.25, -0.2) is 9.82 Å². The van der Waals surface area contributed by atoms with Crippen LogP contribution in [0.3, 0.4) is 0 Å². The zero-order chi connectivity index (χ0) is 25.2. The maximum Gasteiger partial charge on any atom is 0.281 e. The SMILES string of the molecule is CCN1c2cc(F)c(/C=N\NC(=O)C(O)(c3ccccc3)c3ccccc3)cc2C(C)CC1(C)C. The summed E-state index contributed by atoms with van der Waals surface area (Å²) < 4.78 is 15.1. The van der Waals surface area contributed by atoms with Crippen molar-refractivity contribution in [1.29, 1.82) is 0 Å². The molecule has 1 atom stereocenters. The van der Waals surface area contributed by atoms with Crippen LogP contribution in [0.15, 0.2) is 77.9 Å². The number of hydrazone groups is 1. The molecule has 3 aromatic rings. The minimum Gasteiger partial charge on any atom is -0.372 e. The number of nitrogens with zero attached hydrogens (tertiary/aromatic N) is 2. The van der Waals surface area contributed by atoms with E-state index in [0.29, 0.717) is 11.1 Å². The predicted molar refractivity (Wildman–Crippen MR) is 138 cm³/mol. The van der Waals surface area contributed by atoms with Gasteiger partial charge in [0.2, 0.25) is 0 Å². The number of halogens is 1. The number of amides is 1. The normalized spacial score (nSPS) is 17.3. The van der Waals surface area contributed by atoms with Gasteiger partial charge in [-0.15, -0.1) is 0 Å². The molecule has 0 saturated carbocycles. The molecule has 1 unspecified atom stereocenters. The zero-order valence-corrected chi connectivity index (χ0v) is 20.6. The van der Waals surface area contributed by atoms with E-state index < -0.39 is 17.3 Å². The molecule has 2 N–H and O–H groups in total. The highest BCUT2D eigenvalue weighted by Crippen LogP contribution is 2.43. The number of nitrogens with one attached hydrogen (secondary N) is 1. The molecule has 0 saturated heterocycles. The third kappa shape index (κ3) is 4.58. The van der Waals surface area contributed by atoms with Crippen molar-refractivity contribution in [3.63, 3.8) is 0 Å². The molecule has 4 rings (SSSR count). The number of aliphatic hydroxyl groups is 1. The first-order valence-electron chi connectivity index (χ1n) is 12.0. The summed E-state index contributed by atoms with van der Waals surface area (Å²) in [6.45, 7) is 9.37. The summed E-state index contributed by atoms with van der Waals surface area (Å²) >= 11 is 0. The minimum absolute atomic E-state index is 0.0590. The summed E-state index contributed by atoms with van der Waals surface area (Å²) in [4.78, 5) is 15.4. The highest BCUT2D eigenvalue weighted by atomic mass is 19.1. The number of anilines is 1. The maximum atomic E-state index is 15.1. The number of rotatable bonds is 6. The number of carbonyl (C=O) groups excluding carboxylic acids is 1. The fourth-order valence-corrected chi connectivity index (χ4v) is 5.25. The first-order chi connectivity index (χ1) is 16.7. The molecular weight excluding hydrogens is 441 g/mol. The van der Waals surface area contributed by atoms with Gasteiger partial charge in [-0.2, -0.15) is 5.10 Å². The Hall–Kier alpha value is -3.51. The molecule has 0 aliphatic carbocycles. The Kier molecular flexibility index (Phi) is 6.77. The van der Waals surface area contributed by atoms with Gasteiger partial charge in [-0.05, 0) is 61.9 Å². The van der Waals surface area contributed by atoms with Crippen molar-refractivity contribution in [1.82, 2.24) is 5.43 Å². The van der Waals surface area contributed by atoms with Crippen LogP contribution in [0, 0.1) is 5.82 Å². The van der Waals surface area contributed by atoms with E-state index in [9.17, 15) is 9.90 Å². The lowest BCUT2D eigenvalue weighted by Gasteiger charge is -2.47. The van der Waals surface area contributed by atoms with E-state index in [2.05, 4.69) is 43.1 Å². The summed E-state index contributed by atoms with van der Waals surface area (Å²) in [6, 6.07) is 20.7. The Morgan fingerprint density at radius 2 is 1.71 bits per heavy atom. The van der Waals surface area contributed by atoms with Crippen LogP contribution in [0.25, 0.3) is 0 Å². The molecule has 3 aromatic carbocycles. The number of hydrogen-bond acceptors (Lipinski definition) is 4. The van der Waals surface area contributed by atoms with Gasteiger partial charge in [-0.3, -0.25) is 4.79 Å². The summed E-state index contributed by atoms with van der Waals surface area (Å²) in [7, 11) is 0. The van der Waals surface area contributed by atoms with Crippen molar-refractivity contribution < 1.29 is 14.3 Å². The van der Waals surface area contributed by atoms with Gasteiger partial charge in [-0.1, -0.05) is 67.6 Å². The van der Waals surface area contributed by atoms with Crippen LogP contribution in [-0.4, -0.2) is 29.3 Å². The van der Waals surface area contributed by atoms with Gasteiger partial charge in [0, 0.05) is 23.3 Å². The third-order valence-electron chi connectivity index (χ3n) is 6.90. The Bertz CT molecular complexity index is 1190. The van der Waals surface area contributed by atoms with Gasteiger partial charge in [0.15, 0.2) is 5.60 Å². The quantitative estimate of drug-likeness (QED) is 0.376. The molecule has 35 heavy (non-hydrogen) atoms. The van der Waals surface area contributed by atoms with Crippen molar-refractivity contribution in [2.45, 2.75) is 51.2 Å². The molecule has 1 heterocycles. The van der Waals surface area contributed by atoms with Crippen LogP contribution in [-0.2, 0) is 10.4 Å². The van der Waals surface area contributed by atoms with Gasteiger partial charge < -0.3 is 10.0 Å². The molecule has 5 nitrogen and oxygen atoms in total. The van der Waals surface area contributed by atoms with Gasteiger partial charge in [0.05, 0.1) is 6.21 Å². The Labute approximate surface area is 206 Å². The van der Waals surface area contributed by atoms with Gasteiger partial charge in [0.1, 0.15) is 5.82 Å². The maximum absolute atomic E-state index is 15.1. The standard InChI is InChI=1S/C29H32FN3O2/c1-5-33-26-17-25(30)21(16-24(26)20(2)18-28(33,3)4)19-31-32-27(34)29(35,22-12-8-6-9-13-22)23-14-10-7-11-15-23/h6-17,19-20,35H,5,18H2,1-4H3,(H,32,34)/b31-19-. The first kappa shape index (κ1) is 24.6. The smallest absolute Gasteiger partial charge is 0.281 e. The number of benzene rings is 3. The molecule has 0 aromatic heterocycles. The van der Waals surface area contributed by atoms with E-state index in [1.807, 2.05) is 18.2 Å².